The molecule has 2 aromatic carbocycles. The van der Waals surface area contributed by atoms with E-state index in [-0.39, 0.29) is 18.2 Å². The highest BCUT2D eigenvalue weighted by molar-refractivity contribution is 6.22. The van der Waals surface area contributed by atoms with Crippen LogP contribution in [0.15, 0.2) is 48.5 Å². The predicted molar refractivity (Wildman–Crippen MR) is 92.0 cm³/mol. The summed E-state index contributed by atoms with van der Waals surface area (Å²) in [6.07, 6.45) is 0.845. The first-order chi connectivity index (χ1) is 12.1. The highest BCUT2D eigenvalue weighted by Crippen LogP contribution is 2.23. The Labute approximate surface area is 145 Å². The number of anilines is 1. The van der Waals surface area contributed by atoms with Crippen molar-refractivity contribution in [1.82, 2.24) is 5.32 Å². The normalized spacial score (nSPS) is 17.2. The summed E-state index contributed by atoms with van der Waals surface area (Å²) in [5.74, 6) is -0.190. The lowest BCUT2D eigenvalue weighted by molar-refractivity contribution is -0.121. The fourth-order valence-electron chi connectivity index (χ4n) is 2.84. The van der Waals surface area contributed by atoms with Crippen molar-refractivity contribution in [1.29, 1.82) is 0 Å². The zero-order chi connectivity index (χ0) is 17.8. The minimum absolute atomic E-state index is 0.110. The van der Waals surface area contributed by atoms with Gasteiger partial charge in [-0.3, -0.25) is 9.59 Å². The second-order valence-corrected chi connectivity index (χ2v) is 5.85. The Hall–Kier alpha value is -2.73. The molecule has 1 N–H and O–H groups in total. The smallest absolute Gasteiger partial charge is 0.251 e. The van der Waals surface area contributed by atoms with Crippen LogP contribution >= 0.6 is 0 Å². The first kappa shape index (κ1) is 17.1. The Morgan fingerprint density at radius 1 is 1.12 bits per heavy atom. The average molecular weight is 342 g/mol. The van der Waals surface area contributed by atoms with Crippen LogP contribution in [0.2, 0.25) is 0 Å². The minimum Gasteiger partial charge on any atom is -0.497 e. The van der Waals surface area contributed by atoms with Gasteiger partial charge in [0, 0.05) is 0 Å². The third-order valence-electron chi connectivity index (χ3n) is 4.19. The summed E-state index contributed by atoms with van der Waals surface area (Å²) in [4.78, 5) is 25.7. The molecule has 1 aliphatic rings. The van der Waals surface area contributed by atoms with Crippen molar-refractivity contribution in [2.45, 2.75) is 18.9 Å². The molecule has 25 heavy (non-hydrogen) atoms. The van der Waals surface area contributed by atoms with Gasteiger partial charge in [0.05, 0.1) is 25.3 Å². The highest BCUT2D eigenvalue weighted by Gasteiger charge is 2.39. The molecule has 0 aromatic heterocycles. The van der Waals surface area contributed by atoms with E-state index in [4.69, 9.17) is 4.74 Å². The molecule has 1 saturated heterocycles. The van der Waals surface area contributed by atoms with Crippen LogP contribution in [-0.4, -0.2) is 31.5 Å². The van der Waals surface area contributed by atoms with Crippen LogP contribution in [0.1, 0.15) is 12.0 Å². The molecule has 0 spiro atoms. The van der Waals surface area contributed by atoms with E-state index in [1.165, 1.54) is 24.3 Å². The van der Waals surface area contributed by atoms with Crippen LogP contribution < -0.4 is 15.0 Å². The Kier molecular flexibility index (Phi) is 5.09. The van der Waals surface area contributed by atoms with Gasteiger partial charge < -0.3 is 10.1 Å². The van der Waals surface area contributed by atoms with Gasteiger partial charge in [-0.25, -0.2) is 9.29 Å². The molecule has 0 aliphatic carbocycles. The van der Waals surface area contributed by atoms with Crippen LogP contribution in [0.3, 0.4) is 0 Å². The number of ether oxygens (including phenoxy) is 1. The van der Waals surface area contributed by atoms with Gasteiger partial charge in [0.25, 0.3) is 5.91 Å². The fraction of sp³-hybridized carbons (Fsp3) is 0.263. The molecule has 5 nitrogen and oxygen atoms in total. The molecular formula is C19H19FN2O3. The molecule has 1 aliphatic heterocycles. The SMILES string of the molecule is COc1ccc(CCN[C@H]2CC(=O)N(c3ccc(F)cc3)C2=O)cc1. The summed E-state index contributed by atoms with van der Waals surface area (Å²) in [5.41, 5.74) is 1.51. The molecule has 0 saturated carbocycles. The number of nitrogens with one attached hydrogen (secondary N) is 1. The molecule has 3 rings (SSSR count). The summed E-state index contributed by atoms with van der Waals surface area (Å²) in [6, 6.07) is 12.5. The molecule has 1 heterocycles. The van der Waals surface area contributed by atoms with Gasteiger partial charge in [-0.1, -0.05) is 12.1 Å². The van der Waals surface area contributed by atoms with Gasteiger partial charge in [-0.05, 0) is 54.9 Å². The number of carbonyl (C=O) groups excluding carboxylic acids is 2. The van der Waals surface area contributed by atoms with Crippen molar-refractivity contribution < 1.29 is 18.7 Å². The molecular weight excluding hydrogens is 323 g/mol. The van der Waals surface area contributed by atoms with E-state index in [9.17, 15) is 14.0 Å². The summed E-state index contributed by atoms with van der Waals surface area (Å²) in [5, 5.41) is 3.13. The third kappa shape index (κ3) is 3.85. The van der Waals surface area contributed by atoms with Gasteiger partial charge in [0.1, 0.15) is 11.6 Å². The molecule has 0 unspecified atom stereocenters. The lowest BCUT2D eigenvalue weighted by atomic mass is 10.1. The molecule has 1 atom stereocenters. The number of rotatable bonds is 6. The molecule has 2 amide bonds. The van der Waals surface area contributed by atoms with E-state index in [1.54, 1.807) is 7.11 Å². The summed E-state index contributed by atoms with van der Waals surface area (Å²) >= 11 is 0. The standard InChI is InChI=1S/C19H19FN2O3/c1-25-16-8-2-13(3-9-16)10-11-21-17-12-18(23)22(19(17)24)15-6-4-14(20)5-7-15/h2-9,17,21H,10-12H2,1H3/t17-/m0/s1. The number of methoxy groups -OCH3 is 1. The number of imide groups is 1. The number of benzene rings is 2. The largest absolute Gasteiger partial charge is 0.497 e. The number of hydrogen-bond donors (Lipinski definition) is 1. The maximum atomic E-state index is 13.0. The topological polar surface area (TPSA) is 58.6 Å². The van der Waals surface area contributed by atoms with Gasteiger partial charge >= 0.3 is 0 Å². The maximum Gasteiger partial charge on any atom is 0.251 e. The molecule has 130 valence electrons. The van der Waals surface area contributed by atoms with Gasteiger partial charge in [0.2, 0.25) is 5.91 Å². The van der Waals surface area contributed by atoms with Crippen LogP contribution in [0.4, 0.5) is 10.1 Å². The van der Waals surface area contributed by atoms with Crippen LogP contribution in [0, 0.1) is 5.82 Å². The third-order valence-corrected chi connectivity index (χ3v) is 4.19. The minimum atomic E-state index is -0.546. The lowest BCUT2D eigenvalue weighted by Crippen LogP contribution is -2.39. The Morgan fingerprint density at radius 2 is 1.80 bits per heavy atom. The fourth-order valence-corrected chi connectivity index (χ4v) is 2.84. The molecule has 0 bridgehead atoms. The summed E-state index contributed by atoms with van der Waals surface area (Å²) in [7, 11) is 1.62. The summed E-state index contributed by atoms with van der Waals surface area (Å²) in [6.45, 7) is 0.577. The highest BCUT2D eigenvalue weighted by atomic mass is 19.1. The zero-order valence-electron chi connectivity index (χ0n) is 13.9. The van der Waals surface area contributed by atoms with Crippen molar-refractivity contribution in [3.05, 3.63) is 59.9 Å². The van der Waals surface area contributed by atoms with E-state index < -0.39 is 11.9 Å². The Balaban J connectivity index is 1.57. The Bertz CT molecular complexity index is 759. The average Bonchev–Trinajstić information content (AvgIpc) is 2.90. The van der Waals surface area contributed by atoms with Crippen molar-refractivity contribution in [2.75, 3.05) is 18.6 Å². The van der Waals surface area contributed by atoms with Crippen molar-refractivity contribution in [3.8, 4) is 5.75 Å². The number of amides is 2. The van der Waals surface area contributed by atoms with Crippen LogP contribution in [-0.2, 0) is 16.0 Å². The van der Waals surface area contributed by atoms with E-state index in [0.717, 1.165) is 22.6 Å². The van der Waals surface area contributed by atoms with Crippen molar-refractivity contribution >= 4 is 17.5 Å². The first-order valence-electron chi connectivity index (χ1n) is 8.07. The Morgan fingerprint density at radius 3 is 2.44 bits per heavy atom. The van der Waals surface area contributed by atoms with E-state index >= 15 is 0 Å². The number of carbonyl (C=O) groups is 2. The van der Waals surface area contributed by atoms with Crippen molar-refractivity contribution in [2.24, 2.45) is 0 Å². The second-order valence-electron chi connectivity index (χ2n) is 5.85. The first-order valence-corrected chi connectivity index (χ1v) is 8.07. The zero-order valence-corrected chi connectivity index (χ0v) is 13.9. The molecule has 2 aromatic rings. The van der Waals surface area contributed by atoms with Crippen molar-refractivity contribution in [3.63, 3.8) is 0 Å². The number of nitrogens with zero attached hydrogens (tertiary/aromatic N) is 1. The van der Waals surface area contributed by atoms with Crippen LogP contribution in [0.5, 0.6) is 5.75 Å². The maximum absolute atomic E-state index is 13.0. The second kappa shape index (κ2) is 7.44. The number of hydrogen-bond acceptors (Lipinski definition) is 4. The number of halogens is 1. The quantitative estimate of drug-likeness (QED) is 0.819. The van der Waals surface area contributed by atoms with E-state index in [1.807, 2.05) is 24.3 Å². The molecule has 6 heteroatoms. The predicted octanol–water partition coefficient (Wildman–Crippen LogP) is 2.30. The monoisotopic (exact) mass is 342 g/mol. The van der Waals surface area contributed by atoms with Crippen LogP contribution in [0.25, 0.3) is 0 Å². The van der Waals surface area contributed by atoms with Gasteiger partial charge in [0.15, 0.2) is 0 Å². The van der Waals surface area contributed by atoms with E-state index in [2.05, 4.69) is 5.32 Å². The van der Waals surface area contributed by atoms with Gasteiger partial charge in [-0.2, -0.15) is 0 Å². The van der Waals surface area contributed by atoms with Gasteiger partial charge in [-0.15, -0.1) is 0 Å². The molecule has 1 fully saturated rings. The lowest BCUT2D eigenvalue weighted by Gasteiger charge is -2.15. The van der Waals surface area contributed by atoms with E-state index in [0.29, 0.717) is 12.2 Å². The molecule has 0 radical (unpaired) electrons. The summed E-state index contributed by atoms with van der Waals surface area (Å²) < 4.78 is 18.1.